The Bertz CT molecular complexity index is 538. The topological polar surface area (TPSA) is 64.6 Å². The lowest BCUT2D eigenvalue weighted by atomic mass is 9.97. The molecule has 1 aromatic carbocycles. The van der Waals surface area contributed by atoms with E-state index in [2.05, 4.69) is 5.32 Å². The fraction of sp³-hybridized carbons (Fsp3) is 0.619. The third-order valence-corrected chi connectivity index (χ3v) is 4.79. The van der Waals surface area contributed by atoms with Gasteiger partial charge in [-0.1, -0.05) is 30.3 Å². The van der Waals surface area contributed by atoms with Gasteiger partial charge in [-0.15, -0.1) is 0 Å². The van der Waals surface area contributed by atoms with Crippen LogP contribution >= 0.6 is 0 Å². The van der Waals surface area contributed by atoms with Gasteiger partial charge in [0, 0.05) is 6.61 Å². The second-order valence-electron chi connectivity index (χ2n) is 6.95. The molecule has 2 atom stereocenters. The molecule has 1 saturated heterocycles. The predicted molar refractivity (Wildman–Crippen MR) is 101 cm³/mol. The number of Topliss-reactive ketones (excluding diaryl/α,β-unsaturated/α-hetero) is 1. The van der Waals surface area contributed by atoms with E-state index in [0.29, 0.717) is 19.1 Å². The van der Waals surface area contributed by atoms with Gasteiger partial charge in [0.25, 0.3) is 0 Å². The molecule has 0 aromatic heterocycles. The Morgan fingerprint density at radius 2 is 1.96 bits per heavy atom. The van der Waals surface area contributed by atoms with Crippen LogP contribution < -0.4 is 5.32 Å². The Balaban J connectivity index is 1.66. The van der Waals surface area contributed by atoms with Crippen LogP contribution in [0.1, 0.15) is 44.6 Å². The van der Waals surface area contributed by atoms with Crippen molar-refractivity contribution in [2.75, 3.05) is 26.3 Å². The monoisotopic (exact) mass is 361 g/mol. The summed E-state index contributed by atoms with van der Waals surface area (Å²) in [5.41, 5.74) is 1.21. The van der Waals surface area contributed by atoms with Crippen molar-refractivity contribution in [3.05, 3.63) is 35.9 Å². The van der Waals surface area contributed by atoms with Crippen LogP contribution in [0.2, 0.25) is 0 Å². The van der Waals surface area contributed by atoms with Crippen molar-refractivity contribution in [3.8, 4) is 0 Å². The number of hydrogen-bond donors (Lipinski definition) is 1. The number of rotatable bonds is 10. The zero-order valence-electron chi connectivity index (χ0n) is 15.7. The van der Waals surface area contributed by atoms with E-state index in [0.717, 1.165) is 38.8 Å². The molecule has 1 N–H and O–H groups in total. The summed E-state index contributed by atoms with van der Waals surface area (Å²) in [5, 5.41) is 3.38. The van der Waals surface area contributed by atoms with E-state index in [9.17, 15) is 9.59 Å². The normalized spacial score (nSPS) is 18.7. The van der Waals surface area contributed by atoms with Crippen LogP contribution in [-0.2, 0) is 25.5 Å². The van der Waals surface area contributed by atoms with Crippen LogP contribution in [0.3, 0.4) is 0 Å². The second kappa shape index (κ2) is 11.8. The molecule has 0 bridgehead atoms. The number of ketones is 1. The first-order valence-electron chi connectivity index (χ1n) is 9.70. The molecule has 0 saturated carbocycles. The van der Waals surface area contributed by atoms with Crippen molar-refractivity contribution in [2.24, 2.45) is 5.92 Å². The van der Waals surface area contributed by atoms with Gasteiger partial charge >= 0.3 is 5.97 Å². The van der Waals surface area contributed by atoms with E-state index in [1.807, 2.05) is 30.3 Å². The molecule has 0 aliphatic carbocycles. The number of hydrogen-bond acceptors (Lipinski definition) is 5. The van der Waals surface area contributed by atoms with Crippen molar-refractivity contribution in [1.82, 2.24) is 5.32 Å². The maximum Gasteiger partial charge on any atom is 0.343 e. The van der Waals surface area contributed by atoms with E-state index < -0.39 is 12.1 Å². The van der Waals surface area contributed by atoms with E-state index >= 15 is 0 Å². The average Bonchev–Trinajstić information content (AvgIpc) is 2.91. The molecule has 5 nitrogen and oxygen atoms in total. The van der Waals surface area contributed by atoms with Gasteiger partial charge in [-0.25, -0.2) is 4.79 Å². The smallest absolute Gasteiger partial charge is 0.343 e. The van der Waals surface area contributed by atoms with Crippen LogP contribution in [0.4, 0.5) is 0 Å². The molecule has 1 fully saturated rings. The quantitative estimate of drug-likeness (QED) is 0.394. The highest BCUT2D eigenvalue weighted by Gasteiger charge is 2.26. The third kappa shape index (κ3) is 7.67. The van der Waals surface area contributed by atoms with Gasteiger partial charge in [-0.3, -0.25) is 4.79 Å². The van der Waals surface area contributed by atoms with Crippen molar-refractivity contribution in [2.45, 2.75) is 51.6 Å². The number of ether oxygens (including phenoxy) is 2. The van der Waals surface area contributed by atoms with Gasteiger partial charge < -0.3 is 14.8 Å². The van der Waals surface area contributed by atoms with Gasteiger partial charge in [0.15, 0.2) is 5.78 Å². The molecular weight excluding hydrogens is 330 g/mol. The molecule has 0 radical (unpaired) electrons. The molecule has 0 spiro atoms. The summed E-state index contributed by atoms with van der Waals surface area (Å²) >= 11 is 0. The number of carbonyl (C=O) groups is 2. The van der Waals surface area contributed by atoms with Crippen molar-refractivity contribution in [3.63, 3.8) is 0 Å². The van der Waals surface area contributed by atoms with Gasteiger partial charge in [0.05, 0.1) is 6.61 Å². The van der Waals surface area contributed by atoms with Gasteiger partial charge in [-0.2, -0.15) is 0 Å². The Morgan fingerprint density at radius 1 is 1.15 bits per heavy atom. The van der Waals surface area contributed by atoms with Gasteiger partial charge in [0.2, 0.25) is 6.10 Å². The molecule has 1 aromatic rings. The van der Waals surface area contributed by atoms with Crippen LogP contribution in [0.15, 0.2) is 30.3 Å². The van der Waals surface area contributed by atoms with Crippen molar-refractivity contribution >= 4 is 11.8 Å². The largest absolute Gasteiger partial charge is 0.463 e. The summed E-state index contributed by atoms with van der Waals surface area (Å²) in [6.07, 6.45) is 4.83. The summed E-state index contributed by atoms with van der Waals surface area (Å²) in [7, 11) is 0. The fourth-order valence-electron chi connectivity index (χ4n) is 3.25. The number of esters is 1. The third-order valence-electron chi connectivity index (χ3n) is 4.79. The lowest BCUT2D eigenvalue weighted by Gasteiger charge is -2.17. The van der Waals surface area contributed by atoms with Crippen molar-refractivity contribution in [1.29, 1.82) is 0 Å². The Hall–Kier alpha value is -1.72. The summed E-state index contributed by atoms with van der Waals surface area (Å²) in [6, 6.07) is 10.1. The molecule has 2 rings (SSSR count). The molecule has 1 heterocycles. The second-order valence-corrected chi connectivity index (χ2v) is 6.95. The van der Waals surface area contributed by atoms with E-state index in [1.165, 1.54) is 25.3 Å². The molecule has 26 heavy (non-hydrogen) atoms. The summed E-state index contributed by atoms with van der Waals surface area (Å²) in [6.45, 7) is 4.21. The minimum absolute atomic E-state index is 0.291. The first-order valence-corrected chi connectivity index (χ1v) is 9.70. The molecule has 1 aliphatic heterocycles. The number of benzene rings is 1. The summed E-state index contributed by atoms with van der Waals surface area (Å²) in [4.78, 5) is 23.9. The van der Waals surface area contributed by atoms with Crippen LogP contribution in [0.25, 0.3) is 0 Å². The molecule has 5 heteroatoms. The highest BCUT2D eigenvalue weighted by atomic mass is 16.6. The van der Waals surface area contributed by atoms with E-state index in [-0.39, 0.29) is 5.78 Å². The highest BCUT2D eigenvalue weighted by molar-refractivity contribution is 6.00. The lowest BCUT2D eigenvalue weighted by molar-refractivity contribution is -0.161. The minimum Gasteiger partial charge on any atom is -0.463 e. The predicted octanol–water partition coefficient (Wildman–Crippen LogP) is 2.92. The Labute approximate surface area is 156 Å². The maximum atomic E-state index is 12.2. The van der Waals surface area contributed by atoms with Crippen LogP contribution in [-0.4, -0.2) is 44.2 Å². The maximum absolute atomic E-state index is 12.2. The lowest BCUT2D eigenvalue weighted by Crippen LogP contribution is -2.34. The van der Waals surface area contributed by atoms with Crippen LogP contribution in [0, 0.1) is 5.92 Å². The Morgan fingerprint density at radius 3 is 2.73 bits per heavy atom. The first-order chi connectivity index (χ1) is 12.7. The zero-order valence-corrected chi connectivity index (χ0v) is 15.7. The number of aryl methyl sites for hydroxylation is 1. The highest BCUT2D eigenvalue weighted by Crippen LogP contribution is 2.18. The molecular formula is C21H31NO4. The molecule has 0 amide bonds. The van der Waals surface area contributed by atoms with Crippen molar-refractivity contribution < 1.29 is 19.1 Å². The summed E-state index contributed by atoms with van der Waals surface area (Å²) in [5.74, 6) is -0.256. The number of carbonyl (C=O) groups excluding carboxylic acids is 2. The molecule has 144 valence electrons. The standard InChI is InChI=1S/C21H31NO4/c1-17(23)20(25-16-12-19-9-5-13-22-14-11-19)21(24)26-15-6-10-18-7-3-2-4-8-18/h2-4,7-8,19-20,22H,5-6,9-16H2,1H3. The SMILES string of the molecule is CC(=O)C(OCCC1CCCNCC1)C(=O)OCCCc1ccccc1. The van der Waals surface area contributed by atoms with Gasteiger partial charge in [0.1, 0.15) is 0 Å². The first kappa shape index (κ1) is 20.6. The molecule has 1 aliphatic rings. The Kier molecular flexibility index (Phi) is 9.35. The zero-order chi connectivity index (χ0) is 18.6. The van der Waals surface area contributed by atoms with Gasteiger partial charge in [-0.05, 0) is 70.0 Å². The number of nitrogens with one attached hydrogen (secondary N) is 1. The minimum atomic E-state index is -1.09. The van der Waals surface area contributed by atoms with E-state index in [4.69, 9.17) is 9.47 Å². The molecule has 2 unspecified atom stereocenters. The van der Waals surface area contributed by atoms with E-state index in [1.54, 1.807) is 0 Å². The van der Waals surface area contributed by atoms with Crippen LogP contribution in [0.5, 0.6) is 0 Å². The summed E-state index contributed by atoms with van der Waals surface area (Å²) < 4.78 is 10.8. The fourth-order valence-corrected chi connectivity index (χ4v) is 3.25. The average molecular weight is 361 g/mol.